The molecule has 148 valence electrons. The van der Waals surface area contributed by atoms with Crippen molar-refractivity contribution >= 4 is 23.2 Å². The third-order valence-corrected chi connectivity index (χ3v) is 7.26. The molecule has 2 aromatic rings. The Kier molecular flexibility index (Phi) is 5.28. The molecular formula is C23H28N2O2S. The van der Waals surface area contributed by atoms with Crippen LogP contribution in [0.15, 0.2) is 35.7 Å². The molecular weight excluding hydrogens is 368 g/mol. The van der Waals surface area contributed by atoms with Crippen LogP contribution in [0, 0.1) is 0 Å². The maximum absolute atomic E-state index is 13.1. The average Bonchev–Trinajstić information content (AvgIpc) is 3.17. The lowest BCUT2D eigenvalue weighted by Crippen LogP contribution is -2.54. The van der Waals surface area contributed by atoms with Gasteiger partial charge in [0.25, 0.3) is 5.91 Å². The molecule has 1 saturated heterocycles. The minimum Gasteiger partial charge on any atom is -0.338 e. The van der Waals surface area contributed by atoms with Crippen molar-refractivity contribution in [3.63, 3.8) is 0 Å². The van der Waals surface area contributed by atoms with Gasteiger partial charge in [-0.15, -0.1) is 11.3 Å². The number of aryl methyl sites for hydroxylation is 1. The molecule has 0 saturated carbocycles. The monoisotopic (exact) mass is 396 g/mol. The van der Waals surface area contributed by atoms with Crippen LogP contribution in [0.2, 0.25) is 0 Å². The molecule has 1 fully saturated rings. The standard InChI is InChI=1S/C23H28N2O2S/c1-23(2,17-8-4-3-5-9-17)22(27)25-14-12-24(13-15-25)21(26)19-16-28-20-11-7-6-10-18(19)20/h3-5,8-9,16H,6-7,10-15H2,1-2H3. The molecule has 0 N–H and O–H groups in total. The molecule has 1 aromatic carbocycles. The van der Waals surface area contributed by atoms with E-state index in [1.54, 1.807) is 11.3 Å². The summed E-state index contributed by atoms with van der Waals surface area (Å²) in [7, 11) is 0. The third kappa shape index (κ3) is 3.48. The highest BCUT2D eigenvalue weighted by Gasteiger charge is 2.36. The van der Waals surface area contributed by atoms with Crippen LogP contribution in [0.25, 0.3) is 0 Å². The summed E-state index contributed by atoms with van der Waals surface area (Å²) in [6, 6.07) is 9.94. The topological polar surface area (TPSA) is 40.6 Å². The molecule has 2 heterocycles. The van der Waals surface area contributed by atoms with Crippen molar-refractivity contribution in [1.29, 1.82) is 0 Å². The number of carbonyl (C=O) groups excluding carboxylic acids is 2. The molecule has 0 atom stereocenters. The minimum atomic E-state index is -0.556. The third-order valence-electron chi connectivity index (χ3n) is 6.18. The van der Waals surface area contributed by atoms with Gasteiger partial charge in [-0.1, -0.05) is 30.3 Å². The van der Waals surface area contributed by atoms with Gasteiger partial charge in [0.2, 0.25) is 5.91 Å². The van der Waals surface area contributed by atoms with Crippen molar-refractivity contribution in [1.82, 2.24) is 9.80 Å². The minimum absolute atomic E-state index is 0.138. The second-order valence-electron chi connectivity index (χ2n) is 8.33. The van der Waals surface area contributed by atoms with E-state index < -0.39 is 5.41 Å². The van der Waals surface area contributed by atoms with Crippen LogP contribution in [0.4, 0.5) is 0 Å². The van der Waals surface area contributed by atoms with Gasteiger partial charge >= 0.3 is 0 Å². The first-order valence-electron chi connectivity index (χ1n) is 10.2. The number of thiophene rings is 1. The smallest absolute Gasteiger partial charge is 0.255 e. The summed E-state index contributed by atoms with van der Waals surface area (Å²) >= 11 is 1.74. The lowest BCUT2D eigenvalue weighted by molar-refractivity contribution is -0.137. The highest BCUT2D eigenvalue weighted by molar-refractivity contribution is 7.10. The number of nitrogens with zero attached hydrogens (tertiary/aromatic N) is 2. The molecule has 28 heavy (non-hydrogen) atoms. The molecule has 4 nitrogen and oxygen atoms in total. The van der Waals surface area contributed by atoms with Crippen molar-refractivity contribution in [2.24, 2.45) is 0 Å². The molecule has 1 aliphatic heterocycles. The number of rotatable bonds is 3. The molecule has 5 heteroatoms. The first-order valence-corrected chi connectivity index (χ1v) is 11.1. The summed E-state index contributed by atoms with van der Waals surface area (Å²) in [5.74, 6) is 0.285. The Morgan fingerprint density at radius 1 is 0.929 bits per heavy atom. The predicted molar refractivity (Wildman–Crippen MR) is 113 cm³/mol. The van der Waals surface area contributed by atoms with E-state index in [1.807, 2.05) is 59.4 Å². The highest BCUT2D eigenvalue weighted by Crippen LogP contribution is 2.31. The Morgan fingerprint density at radius 3 is 2.29 bits per heavy atom. The van der Waals surface area contributed by atoms with E-state index in [1.165, 1.54) is 23.3 Å². The fourth-order valence-corrected chi connectivity index (χ4v) is 5.45. The van der Waals surface area contributed by atoms with Crippen LogP contribution < -0.4 is 0 Å². The van der Waals surface area contributed by atoms with Gasteiger partial charge in [0.1, 0.15) is 0 Å². The van der Waals surface area contributed by atoms with Crippen LogP contribution in [0.5, 0.6) is 0 Å². The number of hydrogen-bond acceptors (Lipinski definition) is 3. The summed E-state index contributed by atoms with van der Waals surface area (Å²) < 4.78 is 0. The SMILES string of the molecule is CC(C)(C(=O)N1CCN(C(=O)c2csc3c2CCCC3)CC1)c1ccccc1. The number of hydrogen-bond donors (Lipinski definition) is 0. The number of piperazine rings is 1. The normalized spacial score (nSPS) is 17.4. The van der Waals surface area contributed by atoms with E-state index in [0.717, 1.165) is 24.0 Å². The van der Waals surface area contributed by atoms with E-state index in [4.69, 9.17) is 0 Å². The van der Waals surface area contributed by atoms with Crippen molar-refractivity contribution < 1.29 is 9.59 Å². The molecule has 0 radical (unpaired) electrons. The number of carbonyl (C=O) groups is 2. The summed E-state index contributed by atoms with van der Waals surface area (Å²) in [5.41, 5.74) is 2.66. The van der Waals surface area contributed by atoms with Gasteiger partial charge < -0.3 is 9.80 Å². The Morgan fingerprint density at radius 2 is 1.57 bits per heavy atom. The van der Waals surface area contributed by atoms with Crippen LogP contribution in [0.1, 0.15) is 53.1 Å². The largest absolute Gasteiger partial charge is 0.338 e. The summed E-state index contributed by atoms with van der Waals surface area (Å²) in [6.07, 6.45) is 4.56. The average molecular weight is 397 g/mol. The van der Waals surface area contributed by atoms with Crippen LogP contribution in [0.3, 0.4) is 0 Å². The molecule has 1 aromatic heterocycles. The maximum Gasteiger partial charge on any atom is 0.255 e. The predicted octanol–water partition coefficient (Wildman–Crippen LogP) is 3.89. The van der Waals surface area contributed by atoms with Crippen LogP contribution in [-0.4, -0.2) is 47.8 Å². The van der Waals surface area contributed by atoms with Gasteiger partial charge in [-0.25, -0.2) is 0 Å². The van der Waals surface area contributed by atoms with E-state index in [2.05, 4.69) is 0 Å². The summed E-state index contributed by atoms with van der Waals surface area (Å²) in [4.78, 5) is 31.4. The van der Waals surface area contributed by atoms with Gasteiger partial charge in [-0.2, -0.15) is 0 Å². The zero-order valence-corrected chi connectivity index (χ0v) is 17.6. The van der Waals surface area contributed by atoms with Crippen LogP contribution >= 0.6 is 11.3 Å². The second-order valence-corrected chi connectivity index (χ2v) is 9.30. The highest BCUT2D eigenvalue weighted by atomic mass is 32.1. The molecule has 1 aliphatic carbocycles. The van der Waals surface area contributed by atoms with Gasteiger partial charge in [0.05, 0.1) is 11.0 Å². The van der Waals surface area contributed by atoms with Crippen molar-refractivity contribution in [3.05, 3.63) is 57.3 Å². The fraction of sp³-hybridized carbons (Fsp3) is 0.478. The van der Waals surface area contributed by atoms with Crippen LogP contribution in [-0.2, 0) is 23.1 Å². The van der Waals surface area contributed by atoms with E-state index in [0.29, 0.717) is 26.2 Å². The quantitative estimate of drug-likeness (QED) is 0.790. The van der Waals surface area contributed by atoms with Gasteiger partial charge in [-0.05, 0) is 50.7 Å². The Hall–Kier alpha value is -2.14. The van der Waals surface area contributed by atoms with Crippen molar-refractivity contribution in [3.8, 4) is 0 Å². The first kappa shape index (κ1) is 19.2. The van der Waals surface area contributed by atoms with E-state index in [-0.39, 0.29) is 11.8 Å². The zero-order valence-electron chi connectivity index (χ0n) is 16.7. The van der Waals surface area contributed by atoms with Crippen molar-refractivity contribution in [2.45, 2.75) is 44.9 Å². The van der Waals surface area contributed by atoms with Gasteiger partial charge in [0.15, 0.2) is 0 Å². The molecule has 0 spiro atoms. The molecule has 0 bridgehead atoms. The van der Waals surface area contributed by atoms with Gasteiger partial charge in [0, 0.05) is 36.4 Å². The number of benzene rings is 1. The maximum atomic E-state index is 13.1. The lowest BCUT2D eigenvalue weighted by Gasteiger charge is -2.39. The van der Waals surface area contributed by atoms with E-state index >= 15 is 0 Å². The second kappa shape index (κ2) is 7.70. The van der Waals surface area contributed by atoms with Gasteiger partial charge in [-0.3, -0.25) is 9.59 Å². The first-order chi connectivity index (χ1) is 13.5. The fourth-order valence-electron chi connectivity index (χ4n) is 4.33. The lowest BCUT2D eigenvalue weighted by atomic mass is 9.83. The Labute approximate surface area is 171 Å². The summed E-state index contributed by atoms with van der Waals surface area (Å²) in [6.45, 7) is 6.40. The molecule has 2 amide bonds. The molecule has 4 rings (SSSR count). The zero-order chi connectivity index (χ0) is 19.7. The number of amides is 2. The molecule has 2 aliphatic rings. The Bertz CT molecular complexity index is 864. The summed E-state index contributed by atoms with van der Waals surface area (Å²) in [5, 5.41) is 2.05. The van der Waals surface area contributed by atoms with Crippen molar-refractivity contribution in [2.75, 3.05) is 26.2 Å². The van der Waals surface area contributed by atoms with E-state index in [9.17, 15) is 9.59 Å². The number of fused-ring (bicyclic) bond motifs is 1. The molecule has 0 unspecified atom stereocenters. The Balaban J connectivity index is 1.41.